The molecule has 0 bridgehead atoms. The van der Waals surface area contributed by atoms with E-state index < -0.39 is 5.54 Å². The number of hydrogen-bond acceptors (Lipinski definition) is 3. The molecule has 1 aromatic heterocycles. The van der Waals surface area contributed by atoms with Gasteiger partial charge in [0.1, 0.15) is 0 Å². The van der Waals surface area contributed by atoms with E-state index in [9.17, 15) is 4.79 Å². The van der Waals surface area contributed by atoms with Crippen LogP contribution in [0.1, 0.15) is 32.4 Å². The van der Waals surface area contributed by atoms with E-state index in [1.54, 1.807) is 19.4 Å². The van der Waals surface area contributed by atoms with Gasteiger partial charge in [0, 0.05) is 12.4 Å². The second-order valence-corrected chi connectivity index (χ2v) is 4.36. The number of hydrogen-bond donors (Lipinski definition) is 2. The third-order valence-electron chi connectivity index (χ3n) is 2.72. The molecule has 0 radical (unpaired) electrons. The lowest BCUT2D eigenvalue weighted by Gasteiger charge is -2.25. The Morgan fingerprint density at radius 3 is 2.69 bits per heavy atom. The Morgan fingerprint density at radius 1 is 1.50 bits per heavy atom. The van der Waals surface area contributed by atoms with Crippen LogP contribution < -0.4 is 10.6 Å². The van der Waals surface area contributed by atoms with Crippen LogP contribution in [0.25, 0.3) is 0 Å². The van der Waals surface area contributed by atoms with Gasteiger partial charge in [0.15, 0.2) is 0 Å². The monoisotopic (exact) mass is 221 g/mol. The molecule has 4 heteroatoms. The molecule has 1 heterocycles. The topological polar surface area (TPSA) is 54.0 Å². The number of nitrogens with one attached hydrogen (secondary N) is 2. The summed E-state index contributed by atoms with van der Waals surface area (Å²) in [5.74, 6) is -0.0219. The van der Waals surface area contributed by atoms with Gasteiger partial charge in [0.2, 0.25) is 5.91 Å². The summed E-state index contributed by atoms with van der Waals surface area (Å²) in [6.45, 7) is 5.64. The van der Waals surface area contributed by atoms with Crippen molar-refractivity contribution in [2.45, 2.75) is 32.4 Å². The fourth-order valence-electron chi connectivity index (χ4n) is 1.21. The predicted octanol–water partition coefficient (Wildman–Crippen LogP) is 1.26. The Labute approximate surface area is 96.5 Å². The Morgan fingerprint density at radius 2 is 2.19 bits per heavy atom. The van der Waals surface area contributed by atoms with Gasteiger partial charge in [-0.25, -0.2) is 0 Å². The van der Waals surface area contributed by atoms with Gasteiger partial charge in [-0.2, -0.15) is 0 Å². The zero-order valence-corrected chi connectivity index (χ0v) is 10.2. The van der Waals surface area contributed by atoms with Gasteiger partial charge >= 0.3 is 0 Å². The summed E-state index contributed by atoms with van der Waals surface area (Å²) in [6.07, 6.45) is 3.48. The lowest BCUT2D eigenvalue weighted by Crippen LogP contribution is -2.51. The average molecular weight is 221 g/mol. The van der Waals surface area contributed by atoms with E-state index in [2.05, 4.69) is 15.6 Å². The van der Waals surface area contributed by atoms with Crippen molar-refractivity contribution in [2.75, 3.05) is 7.05 Å². The molecule has 0 aliphatic carbocycles. The van der Waals surface area contributed by atoms with E-state index in [1.807, 2.05) is 32.9 Å². The third-order valence-corrected chi connectivity index (χ3v) is 2.72. The maximum absolute atomic E-state index is 11.9. The number of carbonyl (C=O) groups is 1. The lowest BCUT2D eigenvalue weighted by molar-refractivity contribution is -0.126. The summed E-state index contributed by atoms with van der Waals surface area (Å²) in [5, 5.41) is 5.92. The highest BCUT2D eigenvalue weighted by atomic mass is 16.2. The second kappa shape index (κ2) is 5.07. The molecule has 0 saturated carbocycles. The molecular formula is C12H19N3O. The van der Waals surface area contributed by atoms with Gasteiger partial charge in [0.25, 0.3) is 0 Å². The van der Waals surface area contributed by atoms with E-state index >= 15 is 0 Å². The molecule has 2 N–H and O–H groups in total. The van der Waals surface area contributed by atoms with Crippen LogP contribution >= 0.6 is 0 Å². The highest BCUT2D eigenvalue weighted by Crippen LogP contribution is 2.11. The molecule has 1 atom stereocenters. The molecule has 1 amide bonds. The van der Waals surface area contributed by atoms with E-state index in [-0.39, 0.29) is 11.9 Å². The zero-order valence-electron chi connectivity index (χ0n) is 10.2. The van der Waals surface area contributed by atoms with Crippen molar-refractivity contribution in [3.8, 4) is 0 Å². The van der Waals surface area contributed by atoms with Gasteiger partial charge in [-0.3, -0.25) is 9.78 Å². The standard InChI is InChI=1S/C12H19N3O/c1-9(10-6-5-7-14-8-10)15-11(16)12(2,3)13-4/h5-9,13H,1-4H3,(H,15,16). The summed E-state index contributed by atoms with van der Waals surface area (Å²) in [5.41, 5.74) is 0.443. The predicted molar refractivity (Wildman–Crippen MR) is 63.9 cm³/mol. The van der Waals surface area contributed by atoms with Crippen LogP contribution in [-0.2, 0) is 4.79 Å². The van der Waals surface area contributed by atoms with Gasteiger partial charge in [0.05, 0.1) is 11.6 Å². The zero-order chi connectivity index (χ0) is 12.2. The molecule has 0 saturated heterocycles. The smallest absolute Gasteiger partial charge is 0.240 e. The SMILES string of the molecule is CNC(C)(C)C(=O)NC(C)c1cccnc1. The lowest BCUT2D eigenvalue weighted by atomic mass is 10.0. The Kier molecular flexibility index (Phi) is 4.01. The number of likely N-dealkylation sites (N-methyl/N-ethyl adjacent to an activating group) is 1. The fourth-order valence-corrected chi connectivity index (χ4v) is 1.21. The molecule has 0 aliphatic heterocycles. The molecule has 4 nitrogen and oxygen atoms in total. The molecule has 0 spiro atoms. The van der Waals surface area contributed by atoms with Gasteiger partial charge in [-0.1, -0.05) is 6.07 Å². The van der Waals surface area contributed by atoms with E-state index in [0.29, 0.717) is 0 Å². The quantitative estimate of drug-likeness (QED) is 0.804. The summed E-state index contributed by atoms with van der Waals surface area (Å²) in [6, 6.07) is 3.78. The molecule has 16 heavy (non-hydrogen) atoms. The van der Waals surface area contributed by atoms with Crippen LogP contribution in [0.15, 0.2) is 24.5 Å². The van der Waals surface area contributed by atoms with Crippen molar-refractivity contribution in [3.63, 3.8) is 0 Å². The molecule has 1 unspecified atom stereocenters. The van der Waals surface area contributed by atoms with E-state index in [0.717, 1.165) is 5.56 Å². The van der Waals surface area contributed by atoms with Crippen molar-refractivity contribution < 1.29 is 4.79 Å². The first-order valence-electron chi connectivity index (χ1n) is 5.37. The third kappa shape index (κ3) is 3.03. The largest absolute Gasteiger partial charge is 0.348 e. The van der Waals surface area contributed by atoms with Gasteiger partial charge < -0.3 is 10.6 Å². The highest BCUT2D eigenvalue weighted by Gasteiger charge is 2.26. The maximum atomic E-state index is 11.9. The van der Waals surface area contributed by atoms with Crippen LogP contribution in [0.4, 0.5) is 0 Å². The number of pyridine rings is 1. The number of rotatable bonds is 4. The Hall–Kier alpha value is -1.42. The van der Waals surface area contributed by atoms with Crippen LogP contribution in [0.5, 0.6) is 0 Å². The number of aromatic nitrogens is 1. The number of amides is 1. The first-order valence-corrected chi connectivity index (χ1v) is 5.37. The molecule has 1 rings (SSSR count). The molecule has 0 aromatic carbocycles. The van der Waals surface area contributed by atoms with Crippen molar-refractivity contribution in [1.82, 2.24) is 15.6 Å². The molecule has 0 fully saturated rings. The van der Waals surface area contributed by atoms with Gasteiger partial charge in [-0.15, -0.1) is 0 Å². The Balaban J connectivity index is 2.66. The van der Waals surface area contributed by atoms with Crippen LogP contribution in [0.2, 0.25) is 0 Å². The molecular weight excluding hydrogens is 202 g/mol. The van der Waals surface area contributed by atoms with Gasteiger partial charge in [-0.05, 0) is 39.4 Å². The van der Waals surface area contributed by atoms with E-state index in [4.69, 9.17) is 0 Å². The summed E-state index contributed by atoms with van der Waals surface area (Å²) < 4.78 is 0. The van der Waals surface area contributed by atoms with E-state index in [1.165, 1.54) is 0 Å². The number of carbonyl (C=O) groups excluding carboxylic acids is 1. The minimum Gasteiger partial charge on any atom is -0.348 e. The minimum absolute atomic E-state index is 0.0219. The Bertz CT molecular complexity index is 349. The average Bonchev–Trinajstić information content (AvgIpc) is 2.30. The van der Waals surface area contributed by atoms with Crippen molar-refractivity contribution >= 4 is 5.91 Å². The normalized spacial score (nSPS) is 13.2. The first kappa shape index (κ1) is 12.6. The van der Waals surface area contributed by atoms with Crippen molar-refractivity contribution in [3.05, 3.63) is 30.1 Å². The summed E-state index contributed by atoms with van der Waals surface area (Å²) in [7, 11) is 1.77. The van der Waals surface area contributed by atoms with Crippen LogP contribution in [0.3, 0.4) is 0 Å². The van der Waals surface area contributed by atoms with Crippen molar-refractivity contribution in [2.24, 2.45) is 0 Å². The van der Waals surface area contributed by atoms with Crippen molar-refractivity contribution in [1.29, 1.82) is 0 Å². The fraction of sp³-hybridized carbons (Fsp3) is 0.500. The number of nitrogens with zero attached hydrogens (tertiary/aromatic N) is 1. The summed E-state index contributed by atoms with van der Waals surface area (Å²) in [4.78, 5) is 15.9. The molecule has 88 valence electrons. The molecule has 0 aliphatic rings. The van der Waals surface area contributed by atoms with Crippen LogP contribution in [0, 0.1) is 0 Å². The second-order valence-electron chi connectivity index (χ2n) is 4.36. The highest BCUT2D eigenvalue weighted by molar-refractivity contribution is 5.85. The summed E-state index contributed by atoms with van der Waals surface area (Å²) >= 11 is 0. The first-order chi connectivity index (χ1) is 7.47. The van der Waals surface area contributed by atoms with Crippen LogP contribution in [-0.4, -0.2) is 23.5 Å². The molecule has 1 aromatic rings. The maximum Gasteiger partial charge on any atom is 0.240 e. The minimum atomic E-state index is -0.559.